The molecule has 0 amide bonds. The van der Waals surface area contributed by atoms with Gasteiger partial charge in [-0.1, -0.05) is 18.2 Å². The van der Waals surface area contributed by atoms with Crippen LogP contribution < -0.4 is 4.90 Å². The molecule has 1 aliphatic heterocycles. The first-order chi connectivity index (χ1) is 10.1. The highest BCUT2D eigenvalue weighted by molar-refractivity contribution is 5.16. The summed E-state index contributed by atoms with van der Waals surface area (Å²) >= 11 is 0. The number of likely N-dealkylation sites (tertiary alicyclic amines) is 1. The summed E-state index contributed by atoms with van der Waals surface area (Å²) < 4.78 is 18.9. The lowest BCUT2D eigenvalue weighted by Crippen LogP contribution is -3.20. The van der Waals surface area contributed by atoms with Gasteiger partial charge in [-0.05, 0) is 39.2 Å². The van der Waals surface area contributed by atoms with Gasteiger partial charge in [-0.3, -0.25) is 0 Å². The van der Waals surface area contributed by atoms with Gasteiger partial charge in [0.15, 0.2) is 0 Å². The molecule has 0 saturated carbocycles. The van der Waals surface area contributed by atoms with Crippen molar-refractivity contribution < 1.29 is 19.1 Å². The second-order valence-electron chi connectivity index (χ2n) is 6.27. The molecule has 4 heteroatoms. The number of ether oxygens (including phenoxy) is 1. The van der Waals surface area contributed by atoms with Gasteiger partial charge in [0, 0.05) is 5.56 Å². The van der Waals surface area contributed by atoms with E-state index in [1.165, 1.54) is 30.2 Å². The highest BCUT2D eigenvalue weighted by atomic mass is 19.1. The zero-order valence-corrected chi connectivity index (χ0v) is 13.0. The maximum Gasteiger partial charge on any atom is 0.128 e. The number of halogens is 1. The van der Waals surface area contributed by atoms with Crippen LogP contribution in [0.2, 0.25) is 0 Å². The Balaban J connectivity index is 1.74. The Morgan fingerprint density at radius 1 is 1.29 bits per heavy atom. The minimum absolute atomic E-state index is 0.212. The van der Waals surface area contributed by atoms with Crippen molar-refractivity contribution >= 4 is 0 Å². The largest absolute Gasteiger partial charge is 0.385 e. The van der Waals surface area contributed by atoms with E-state index in [1.54, 1.807) is 18.2 Å². The number of rotatable bonds is 6. The Morgan fingerprint density at radius 2 is 1.95 bits per heavy atom. The lowest BCUT2D eigenvalue weighted by Gasteiger charge is -2.36. The summed E-state index contributed by atoms with van der Waals surface area (Å²) in [5.41, 5.74) is 0.539. The minimum atomic E-state index is -0.491. The van der Waals surface area contributed by atoms with Crippen molar-refractivity contribution in [2.45, 2.75) is 57.9 Å². The number of hydrogen-bond acceptors (Lipinski definition) is 2. The minimum Gasteiger partial charge on any atom is -0.385 e. The van der Waals surface area contributed by atoms with E-state index in [-0.39, 0.29) is 19.0 Å². The molecule has 1 saturated heterocycles. The van der Waals surface area contributed by atoms with Gasteiger partial charge in [-0.15, -0.1) is 0 Å². The summed E-state index contributed by atoms with van der Waals surface area (Å²) in [5.74, 6) is -0.254. The zero-order valence-electron chi connectivity index (χ0n) is 13.0. The van der Waals surface area contributed by atoms with E-state index < -0.39 is 6.10 Å². The summed E-state index contributed by atoms with van der Waals surface area (Å²) in [6.07, 6.45) is 3.24. The lowest BCUT2D eigenvalue weighted by atomic mass is 9.97. The second-order valence-corrected chi connectivity index (χ2v) is 6.27. The van der Waals surface area contributed by atoms with Crippen molar-refractivity contribution in [3.05, 3.63) is 35.6 Å². The van der Waals surface area contributed by atoms with E-state index in [9.17, 15) is 9.50 Å². The Hall–Kier alpha value is -0.970. The van der Waals surface area contributed by atoms with Crippen LogP contribution in [0.4, 0.5) is 4.39 Å². The predicted octanol–water partition coefficient (Wildman–Crippen LogP) is 1.55. The average molecular weight is 296 g/mol. The van der Waals surface area contributed by atoms with Crippen LogP contribution in [0.5, 0.6) is 0 Å². The third-order valence-corrected chi connectivity index (χ3v) is 4.54. The Morgan fingerprint density at radius 3 is 2.62 bits per heavy atom. The summed E-state index contributed by atoms with van der Waals surface area (Å²) in [6.45, 7) is 5.68. The molecule has 0 bridgehead atoms. The molecule has 2 rings (SSSR count). The number of aliphatic hydroxyl groups is 1. The van der Waals surface area contributed by atoms with Gasteiger partial charge in [0.1, 0.15) is 18.5 Å². The maximum atomic E-state index is 13.4. The van der Waals surface area contributed by atoms with E-state index >= 15 is 0 Å². The van der Waals surface area contributed by atoms with Crippen molar-refractivity contribution in [1.29, 1.82) is 0 Å². The smallest absolute Gasteiger partial charge is 0.128 e. The van der Waals surface area contributed by atoms with Crippen LogP contribution >= 0.6 is 0 Å². The van der Waals surface area contributed by atoms with Crippen LogP contribution in [0.3, 0.4) is 0 Å². The quantitative estimate of drug-likeness (QED) is 0.835. The van der Waals surface area contributed by atoms with Gasteiger partial charge in [0.2, 0.25) is 0 Å². The first kappa shape index (κ1) is 16.4. The topological polar surface area (TPSA) is 33.9 Å². The van der Waals surface area contributed by atoms with Gasteiger partial charge in [0.05, 0.1) is 25.3 Å². The molecule has 1 aromatic carbocycles. The van der Waals surface area contributed by atoms with Gasteiger partial charge < -0.3 is 14.7 Å². The molecular weight excluding hydrogens is 269 g/mol. The summed E-state index contributed by atoms with van der Waals surface area (Å²) in [4.78, 5) is 1.46. The molecule has 21 heavy (non-hydrogen) atoms. The monoisotopic (exact) mass is 296 g/mol. The fraction of sp³-hybridized carbons (Fsp3) is 0.647. The van der Waals surface area contributed by atoms with Gasteiger partial charge >= 0.3 is 0 Å². The average Bonchev–Trinajstić information content (AvgIpc) is 2.45. The molecule has 0 aromatic heterocycles. The first-order valence-corrected chi connectivity index (χ1v) is 7.92. The normalized spacial score (nSPS) is 25.0. The third-order valence-electron chi connectivity index (χ3n) is 4.54. The van der Waals surface area contributed by atoms with E-state index in [0.29, 0.717) is 24.2 Å². The van der Waals surface area contributed by atoms with Gasteiger partial charge in [-0.25, -0.2) is 4.39 Å². The first-order valence-electron chi connectivity index (χ1n) is 7.92. The highest BCUT2D eigenvalue weighted by Gasteiger charge is 2.30. The van der Waals surface area contributed by atoms with E-state index in [0.717, 1.165) is 0 Å². The number of aliphatic hydroxyl groups excluding tert-OH is 1. The summed E-state index contributed by atoms with van der Waals surface area (Å²) in [5, 5.41) is 10.1. The van der Waals surface area contributed by atoms with Crippen molar-refractivity contribution in [2.24, 2.45) is 0 Å². The van der Waals surface area contributed by atoms with Crippen LogP contribution in [0, 0.1) is 5.82 Å². The van der Waals surface area contributed by atoms with Crippen LogP contribution in [0.1, 0.15) is 38.7 Å². The molecule has 1 aliphatic rings. The fourth-order valence-corrected chi connectivity index (χ4v) is 3.24. The Kier molecular flexibility index (Phi) is 6.15. The van der Waals surface area contributed by atoms with Crippen molar-refractivity contribution in [3.63, 3.8) is 0 Å². The number of nitrogens with one attached hydrogen (secondary N) is 1. The van der Waals surface area contributed by atoms with Crippen molar-refractivity contribution in [1.82, 2.24) is 0 Å². The molecule has 3 atom stereocenters. The van der Waals surface area contributed by atoms with Crippen LogP contribution in [0.25, 0.3) is 0 Å². The molecule has 0 unspecified atom stereocenters. The molecule has 3 nitrogen and oxygen atoms in total. The number of piperidine rings is 1. The molecular formula is C17H27FNO2+. The van der Waals surface area contributed by atoms with Crippen molar-refractivity contribution in [3.8, 4) is 0 Å². The number of quaternary nitrogens is 1. The number of benzene rings is 1. The van der Waals surface area contributed by atoms with Gasteiger partial charge in [0.25, 0.3) is 0 Å². The summed E-state index contributed by atoms with van der Waals surface area (Å²) in [6, 6.07) is 7.78. The van der Waals surface area contributed by atoms with E-state index in [2.05, 4.69) is 13.8 Å². The maximum absolute atomic E-state index is 13.4. The molecule has 1 fully saturated rings. The zero-order chi connectivity index (χ0) is 15.2. The van der Waals surface area contributed by atoms with Crippen LogP contribution in [-0.2, 0) is 11.3 Å². The van der Waals surface area contributed by atoms with Crippen LogP contribution in [-0.4, -0.2) is 36.4 Å². The van der Waals surface area contributed by atoms with Crippen molar-refractivity contribution in [2.75, 3.05) is 13.2 Å². The molecule has 0 radical (unpaired) electrons. The van der Waals surface area contributed by atoms with Gasteiger partial charge in [-0.2, -0.15) is 0 Å². The molecule has 2 N–H and O–H groups in total. The fourth-order valence-electron chi connectivity index (χ4n) is 3.24. The molecule has 1 aromatic rings. The van der Waals surface area contributed by atoms with Crippen LogP contribution in [0.15, 0.2) is 24.3 Å². The Labute approximate surface area is 126 Å². The SMILES string of the molecule is C[C@@H]1CCC[C@@H](C)[NH+]1C[C@@H](O)COCc1ccccc1F. The van der Waals surface area contributed by atoms with E-state index in [1.807, 2.05) is 0 Å². The number of hydrogen-bond donors (Lipinski definition) is 2. The standard InChI is InChI=1S/C17H26FNO2/c1-13-6-5-7-14(2)19(13)10-16(20)12-21-11-15-8-3-4-9-17(15)18/h3-4,8-9,13-14,16,20H,5-7,10-12H2,1-2H3/p+1/t13-,14-,16-/m1/s1. The predicted molar refractivity (Wildman–Crippen MR) is 80.7 cm³/mol. The molecule has 118 valence electrons. The summed E-state index contributed by atoms with van der Waals surface area (Å²) in [7, 11) is 0. The lowest BCUT2D eigenvalue weighted by molar-refractivity contribution is -0.954. The second kappa shape index (κ2) is 7.87. The third kappa shape index (κ3) is 4.77. The molecule has 1 heterocycles. The highest BCUT2D eigenvalue weighted by Crippen LogP contribution is 2.09. The molecule has 0 spiro atoms. The Bertz CT molecular complexity index is 431. The molecule has 0 aliphatic carbocycles. The van der Waals surface area contributed by atoms with E-state index in [4.69, 9.17) is 4.74 Å².